The highest BCUT2D eigenvalue weighted by atomic mass is 16.5. The fourth-order valence-electron chi connectivity index (χ4n) is 2.05. The highest BCUT2D eigenvalue weighted by Gasteiger charge is 2.07. The van der Waals surface area contributed by atoms with Gasteiger partial charge in [0.25, 0.3) is 0 Å². The first-order valence-electron chi connectivity index (χ1n) is 8.25. The maximum Gasteiger partial charge on any atom is 0.338 e. The minimum Gasteiger partial charge on any atom is -0.494 e. The predicted molar refractivity (Wildman–Crippen MR) is 87.8 cm³/mol. The molecule has 1 N–H and O–H groups in total. The number of benzene rings is 1. The molecule has 0 aliphatic heterocycles. The zero-order valence-corrected chi connectivity index (χ0v) is 13.8. The summed E-state index contributed by atoms with van der Waals surface area (Å²) in [6.45, 7) is 2.99. The number of carbonyl (C=O) groups is 2. The molecule has 0 bridgehead atoms. The molecule has 1 rings (SSSR count). The van der Waals surface area contributed by atoms with Crippen molar-refractivity contribution in [3.05, 3.63) is 29.8 Å². The minimum atomic E-state index is -0.891. The third kappa shape index (κ3) is 8.86. The van der Waals surface area contributed by atoms with Crippen LogP contribution >= 0.6 is 0 Å². The van der Waals surface area contributed by atoms with Crippen molar-refractivity contribution in [3.8, 4) is 5.75 Å². The van der Waals surface area contributed by atoms with Crippen LogP contribution in [0.15, 0.2) is 24.3 Å². The van der Waals surface area contributed by atoms with Crippen molar-refractivity contribution in [2.45, 2.75) is 51.9 Å². The maximum atomic E-state index is 11.8. The Balaban J connectivity index is 2.24. The lowest BCUT2D eigenvalue weighted by molar-refractivity contribution is -0.137. The molecule has 0 atom stereocenters. The van der Waals surface area contributed by atoms with Crippen LogP contribution in [0.3, 0.4) is 0 Å². The molecule has 23 heavy (non-hydrogen) atoms. The SMILES string of the molecule is CCCCCCCOc1ccc(C(=O)OCCCC(=O)O)cc1. The van der Waals surface area contributed by atoms with Gasteiger partial charge in [0, 0.05) is 6.42 Å². The molecular weight excluding hydrogens is 296 g/mol. The van der Waals surface area contributed by atoms with Gasteiger partial charge < -0.3 is 14.6 Å². The lowest BCUT2D eigenvalue weighted by atomic mass is 10.2. The second-order valence-corrected chi connectivity index (χ2v) is 5.42. The summed E-state index contributed by atoms with van der Waals surface area (Å²) in [5.74, 6) is -0.596. The highest BCUT2D eigenvalue weighted by molar-refractivity contribution is 5.89. The van der Waals surface area contributed by atoms with Crippen LogP contribution in [0.1, 0.15) is 62.2 Å². The Morgan fingerprint density at radius 2 is 1.65 bits per heavy atom. The molecule has 0 aromatic heterocycles. The van der Waals surface area contributed by atoms with Gasteiger partial charge in [-0.2, -0.15) is 0 Å². The molecule has 5 heteroatoms. The molecule has 1 aromatic carbocycles. The lowest BCUT2D eigenvalue weighted by Crippen LogP contribution is -2.08. The fourth-order valence-corrected chi connectivity index (χ4v) is 2.05. The first-order valence-corrected chi connectivity index (χ1v) is 8.25. The predicted octanol–water partition coefficient (Wildman–Crippen LogP) is 4.06. The minimum absolute atomic E-state index is 0.00167. The van der Waals surface area contributed by atoms with Gasteiger partial charge >= 0.3 is 11.9 Å². The number of hydrogen-bond donors (Lipinski definition) is 1. The second kappa shape index (κ2) is 11.5. The Morgan fingerprint density at radius 3 is 2.30 bits per heavy atom. The van der Waals surface area contributed by atoms with E-state index in [4.69, 9.17) is 14.6 Å². The van der Waals surface area contributed by atoms with Crippen molar-refractivity contribution < 1.29 is 24.2 Å². The molecule has 0 saturated heterocycles. The number of carboxylic acids is 1. The average molecular weight is 322 g/mol. The van der Waals surface area contributed by atoms with Gasteiger partial charge in [-0.25, -0.2) is 4.79 Å². The molecule has 0 spiro atoms. The molecule has 0 heterocycles. The highest BCUT2D eigenvalue weighted by Crippen LogP contribution is 2.14. The van der Waals surface area contributed by atoms with Crippen molar-refractivity contribution >= 4 is 11.9 Å². The van der Waals surface area contributed by atoms with Gasteiger partial charge in [0.2, 0.25) is 0 Å². The van der Waals surface area contributed by atoms with E-state index in [2.05, 4.69) is 6.92 Å². The van der Waals surface area contributed by atoms with E-state index in [-0.39, 0.29) is 13.0 Å². The third-order valence-corrected chi connectivity index (χ3v) is 3.37. The van der Waals surface area contributed by atoms with E-state index in [1.54, 1.807) is 24.3 Å². The van der Waals surface area contributed by atoms with Crippen LogP contribution in [0.5, 0.6) is 5.75 Å². The van der Waals surface area contributed by atoms with Crippen LogP contribution in [-0.2, 0) is 9.53 Å². The summed E-state index contributed by atoms with van der Waals surface area (Å²) >= 11 is 0. The molecule has 128 valence electrons. The number of unbranched alkanes of at least 4 members (excludes halogenated alkanes) is 4. The first-order chi connectivity index (χ1) is 11.1. The van der Waals surface area contributed by atoms with E-state index < -0.39 is 11.9 Å². The summed E-state index contributed by atoms with van der Waals surface area (Å²) in [6, 6.07) is 6.82. The molecule has 0 saturated carbocycles. The molecule has 0 aliphatic carbocycles. The Hall–Kier alpha value is -2.04. The monoisotopic (exact) mass is 322 g/mol. The number of aliphatic carboxylic acids is 1. The van der Waals surface area contributed by atoms with Gasteiger partial charge in [-0.3, -0.25) is 4.79 Å². The number of carboxylic acid groups (broad SMARTS) is 1. The fraction of sp³-hybridized carbons (Fsp3) is 0.556. The van der Waals surface area contributed by atoms with Gasteiger partial charge in [-0.1, -0.05) is 32.6 Å². The van der Waals surface area contributed by atoms with Gasteiger partial charge in [0.05, 0.1) is 18.8 Å². The van der Waals surface area contributed by atoms with Gasteiger partial charge in [0.15, 0.2) is 0 Å². The Kier molecular flexibility index (Phi) is 9.52. The summed E-state index contributed by atoms with van der Waals surface area (Å²) in [4.78, 5) is 22.1. The number of esters is 1. The Bertz CT molecular complexity index is 467. The van der Waals surface area contributed by atoms with Crippen molar-refractivity contribution in [3.63, 3.8) is 0 Å². The number of ether oxygens (including phenoxy) is 2. The van der Waals surface area contributed by atoms with Crippen LogP contribution in [0.2, 0.25) is 0 Å². The summed E-state index contributed by atoms with van der Waals surface area (Å²) in [5.41, 5.74) is 0.440. The molecule has 5 nitrogen and oxygen atoms in total. The van der Waals surface area contributed by atoms with Gasteiger partial charge in [-0.15, -0.1) is 0 Å². The van der Waals surface area contributed by atoms with Gasteiger partial charge in [-0.05, 0) is 37.1 Å². The molecule has 0 fully saturated rings. The van der Waals surface area contributed by atoms with E-state index in [1.807, 2.05) is 0 Å². The summed E-state index contributed by atoms with van der Waals surface area (Å²) in [6.07, 6.45) is 6.27. The molecule has 0 amide bonds. The quantitative estimate of drug-likeness (QED) is 0.464. The largest absolute Gasteiger partial charge is 0.494 e. The zero-order valence-electron chi connectivity index (χ0n) is 13.8. The van der Waals surface area contributed by atoms with Crippen molar-refractivity contribution in [2.75, 3.05) is 13.2 Å². The molecular formula is C18H26O5. The second-order valence-electron chi connectivity index (χ2n) is 5.42. The lowest BCUT2D eigenvalue weighted by Gasteiger charge is -2.07. The summed E-state index contributed by atoms with van der Waals surface area (Å²) in [5, 5.41) is 8.50. The number of rotatable bonds is 12. The van der Waals surface area contributed by atoms with Crippen molar-refractivity contribution in [1.29, 1.82) is 0 Å². The molecule has 0 aliphatic rings. The zero-order chi connectivity index (χ0) is 16.9. The topological polar surface area (TPSA) is 72.8 Å². The number of hydrogen-bond acceptors (Lipinski definition) is 4. The van der Waals surface area contributed by atoms with Gasteiger partial charge in [0.1, 0.15) is 5.75 Å². The first kappa shape index (κ1) is 19.0. The molecule has 1 aromatic rings. The van der Waals surface area contributed by atoms with E-state index in [9.17, 15) is 9.59 Å². The van der Waals surface area contributed by atoms with E-state index in [1.165, 1.54) is 25.7 Å². The normalized spacial score (nSPS) is 10.3. The van der Waals surface area contributed by atoms with E-state index in [0.29, 0.717) is 18.6 Å². The third-order valence-electron chi connectivity index (χ3n) is 3.37. The summed E-state index contributed by atoms with van der Waals surface area (Å²) in [7, 11) is 0. The Labute approximate surface area is 137 Å². The molecule has 0 radical (unpaired) electrons. The van der Waals surface area contributed by atoms with Crippen LogP contribution < -0.4 is 4.74 Å². The molecule has 0 unspecified atom stereocenters. The Morgan fingerprint density at radius 1 is 0.957 bits per heavy atom. The maximum absolute atomic E-state index is 11.8. The standard InChI is InChI=1S/C18H26O5/c1-2-3-4-5-6-13-22-16-11-9-15(10-12-16)18(21)23-14-7-8-17(19)20/h9-12H,2-8,13-14H2,1H3,(H,19,20). The van der Waals surface area contributed by atoms with Crippen molar-refractivity contribution in [1.82, 2.24) is 0 Å². The smallest absolute Gasteiger partial charge is 0.338 e. The van der Waals surface area contributed by atoms with Crippen LogP contribution in [0, 0.1) is 0 Å². The van der Waals surface area contributed by atoms with E-state index in [0.717, 1.165) is 12.2 Å². The average Bonchev–Trinajstić information content (AvgIpc) is 2.55. The van der Waals surface area contributed by atoms with Crippen LogP contribution in [-0.4, -0.2) is 30.3 Å². The summed E-state index contributed by atoms with van der Waals surface area (Å²) < 4.78 is 10.6. The number of carbonyl (C=O) groups excluding carboxylic acids is 1. The van der Waals surface area contributed by atoms with Crippen LogP contribution in [0.4, 0.5) is 0 Å². The van der Waals surface area contributed by atoms with Crippen LogP contribution in [0.25, 0.3) is 0 Å². The van der Waals surface area contributed by atoms with E-state index >= 15 is 0 Å². The van der Waals surface area contributed by atoms with Crippen molar-refractivity contribution in [2.24, 2.45) is 0 Å².